The highest BCUT2D eigenvalue weighted by atomic mass is 19.4. The Hall–Kier alpha value is -4.16. The van der Waals surface area contributed by atoms with Crippen LogP contribution in [-0.4, -0.2) is 49.3 Å². The summed E-state index contributed by atoms with van der Waals surface area (Å²) in [6, 6.07) is 9.41. The minimum Gasteiger partial charge on any atom is -0.464 e. The van der Waals surface area contributed by atoms with E-state index in [-0.39, 0.29) is 31.3 Å². The average Bonchev–Trinajstić information content (AvgIpc) is 3.34. The van der Waals surface area contributed by atoms with E-state index in [9.17, 15) is 40.3 Å². The number of carbonyl (C=O) groups excluding carboxylic acids is 2. The number of halogens is 7. The third-order valence-electron chi connectivity index (χ3n) is 7.95. The zero-order chi connectivity index (χ0) is 33.5. The minimum absolute atomic E-state index is 0.0156. The van der Waals surface area contributed by atoms with Crippen LogP contribution in [-0.2, 0) is 32.1 Å². The Morgan fingerprint density at radius 2 is 1.53 bits per heavy atom. The first-order chi connectivity index (χ1) is 20.8. The van der Waals surface area contributed by atoms with Crippen molar-refractivity contribution < 1.29 is 45.1 Å². The lowest BCUT2D eigenvalue weighted by atomic mass is 9.81. The number of ether oxygens (including phenoxy) is 1. The van der Waals surface area contributed by atoms with Crippen LogP contribution in [0.2, 0.25) is 0 Å². The van der Waals surface area contributed by atoms with Crippen LogP contribution in [0.15, 0.2) is 54.7 Å². The molecule has 3 aromatic rings. The molecule has 0 radical (unpaired) electrons. The Morgan fingerprint density at radius 3 is 2.09 bits per heavy atom. The van der Waals surface area contributed by atoms with Gasteiger partial charge >= 0.3 is 18.3 Å². The van der Waals surface area contributed by atoms with E-state index in [0.717, 1.165) is 10.5 Å². The molecule has 13 heteroatoms. The predicted octanol–water partition coefficient (Wildman–Crippen LogP) is 7.52. The lowest BCUT2D eigenvalue weighted by Crippen LogP contribution is -2.42. The Balaban J connectivity index is 1.80. The molecule has 1 aliphatic rings. The minimum atomic E-state index is -5.08. The number of amides is 1. The summed E-state index contributed by atoms with van der Waals surface area (Å²) in [6.45, 7) is 5.48. The number of esters is 1. The average molecular weight is 640 g/mol. The molecule has 0 aliphatic carbocycles. The molecule has 0 spiro atoms. The zero-order valence-corrected chi connectivity index (χ0v) is 25.2. The maximum Gasteiger partial charge on any atom is 0.416 e. The van der Waals surface area contributed by atoms with Gasteiger partial charge < -0.3 is 14.5 Å². The summed E-state index contributed by atoms with van der Waals surface area (Å²) < 4.78 is 101. The fourth-order valence-corrected chi connectivity index (χ4v) is 5.43. The summed E-state index contributed by atoms with van der Waals surface area (Å²) in [5.74, 6) is -0.980. The van der Waals surface area contributed by atoms with Crippen molar-refractivity contribution in [1.82, 2.24) is 4.98 Å². The van der Waals surface area contributed by atoms with Crippen molar-refractivity contribution in [2.75, 3.05) is 30.0 Å². The Labute approximate surface area is 255 Å². The number of hydrogen-bond donors (Lipinski definition) is 0. The van der Waals surface area contributed by atoms with E-state index in [2.05, 4.69) is 4.98 Å². The molecular formula is C32H32F7N3O3. The fraction of sp³-hybridized carbons (Fsp3) is 0.406. The van der Waals surface area contributed by atoms with Gasteiger partial charge in [0.25, 0.3) is 0 Å². The van der Waals surface area contributed by atoms with Crippen molar-refractivity contribution >= 4 is 23.4 Å². The van der Waals surface area contributed by atoms with Gasteiger partial charge in [0.1, 0.15) is 18.6 Å². The van der Waals surface area contributed by atoms with Crippen molar-refractivity contribution in [2.45, 2.75) is 64.1 Å². The summed E-state index contributed by atoms with van der Waals surface area (Å²) in [5.41, 5.74) is -3.21. The molecule has 2 atom stereocenters. The predicted molar refractivity (Wildman–Crippen MR) is 155 cm³/mol. The molecule has 0 bridgehead atoms. The molecule has 242 valence electrons. The van der Waals surface area contributed by atoms with Gasteiger partial charge in [0.2, 0.25) is 5.91 Å². The Bertz CT molecular complexity index is 1550. The molecule has 1 fully saturated rings. The summed E-state index contributed by atoms with van der Waals surface area (Å²) in [7, 11) is 1.36. The van der Waals surface area contributed by atoms with Crippen LogP contribution < -0.4 is 9.80 Å². The van der Waals surface area contributed by atoms with Gasteiger partial charge in [0.15, 0.2) is 0 Å². The van der Waals surface area contributed by atoms with Crippen LogP contribution in [0.4, 0.5) is 42.2 Å². The molecule has 4 rings (SSSR count). The number of anilines is 2. The number of nitrogens with zero attached hydrogens (tertiary/aromatic N) is 3. The van der Waals surface area contributed by atoms with E-state index in [1.54, 1.807) is 29.2 Å². The van der Waals surface area contributed by atoms with Crippen molar-refractivity contribution in [2.24, 2.45) is 0 Å². The monoisotopic (exact) mass is 639 g/mol. The second kappa shape index (κ2) is 12.3. The second-order valence-electron chi connectivity index (χ2n) is 11.6. The van der Waals surface area contributed by atoms with E-state index >= 15 is 0 Å². The van der Waals surface area contributed by atoms with Crippen molar-refractivity contribution in [3.63, 3.8) is 0 Å². The van der Waals surface area contributed by atoms with Crippen LogP contribution in [0.1, 0.15) is 49.4 Å². The topological polar surface area (TPSA) is 62.7 Å². The van der Waals surface area contributed by atoms with Gasteiger partial charge in [-0.25, -0.2) is 9.37 Å². The number of aromatic nitrogens is 1. The highest BCUT2D eigenvalue weighted by molar-refractivity contribution is 6.03. The van der Waals surface area contributed by atoms with Crippen LogP contribution in [0.3, 0.4) is 0 Å². The number of hydrogen-bond acceptors (Lipinski definition) is 5. The van der Waals surface area contributed by atoms with Crippen LogP contribution in [0.25, 0.3) is 11.1 Å². The number of benzene rings is 2. The normalized spacial score (nSPS) is 17.4. The first-order valence-electron chi connectivity index (χ1n) is 14.0. The first kappa shape index (κ1) is 33.7. The highest BCUT2D eigenvalue weighted by Gasteiger charge is 2.41. The Morgan fingerprint density at radius 1 is 0.956 bits per heavy atom. The summed E-state index contributed by atoms with van der Waals surface area (Å²) in [5, 5.41) is 0. The summed E-state index contributed by atoms with van der Waals surface area (Å²) in [4.78, 5) is 32.6. The lowest BCUT2D eigenvalue weighted by molar-refractivity contribution is -0.144. The van der Waals surface area contributed by atoms with E-state index in [1.807, 2.05) is 13.0 Å². The van der Waals surface area contributed by atoms with E-state index in [1.165, 1.54) is 34.0 Å². The highest BCUT2D eigenvalue weighted by Crippen LogP contribution is 2.41. The third-order valence-corrected chi connectivity index (χ3v) is 7.95. The molecule has 1 saturated heterocycles. The van der Waals surface area contributed by atoms with Crippen molar-refractivity contribution in [1.29, 1.82) is 0 Å². The second-order valence-corrected chi connectivity index (χ2v) is 11.6. The number of rotatable bonds is 7. The van der Waals surface area contributed by atoms with Crippen LogP contribution in [0, 0.1) is 6.92 Å². The van der Waals surface area contributed by atoms with Gasteiger partial charge in [-0.3, -0.25) is 9.59 Å². The fourth-order valence-electron chi connectivity index (χ4n) is 5.43. The van der Waals surface area contributed by atoms with Gasteiger partial charge in [0, 0.05) is 26.0 Å². The molecule has 0 N–H and O–H groups in total. The van der Waals surface area contributed by atoms with E-state index in [4.69, 9.17) is 4.74 Å². The van der Waals surface area contributed by atoms with E-state index in [0.29, 0.717) is 29.1 Å². The van der Waals surface area contributed by atoms with Crippen LogP contribution in [0.5, 0.6) is 0 Å². The molecule has 2 aromatic carbocycles. The van der Waals surface area contributed by atoms with Crippen LogP contribution >= 0.6 is 0 Å². The Kier molecular flexibility index (Phi) is 9.24. The molecule has 2 heterocycles. The molecule has 45 heavy (non-hydrogen) atoms. The number of carbonyl (C=O) groups is 2. The first-order valence-corrected chi connectivity index (χ1v) is 14.0. The van der Waals surface area contributed by atoms with Gasteiger partial charge in [-0.05, 0) is 61.7 Å². The smallest absolute Gasteiger partial charge is 0.416 e. The van der Waals surface area contributed by atoms with Gasteiger partial charge in [0.05, 0.1) is 41.0 Å². The SMILES string of the molecule is CC(=O)OC[C@@H]1C[C@@H](F)CN1c1cc(-c2ccccc2C)c(N(C)C(=O)C(C)(C)c2cc(C(F)(F)F)cc(C(F)(F)F)c2)cn1. The molecule has 6 nitrogen and oxygen atoms in total. The van der Waals surface area contributed by atoms with Gasteiger partial charge in [-0.2, -0.15) is 26.3 Å². The molecule has 0 unspecified atom stereocenters. The standard InChI is InChI=1S/C32H32F7N3O3/c1-18-8-6-7-9-25(18)26-14-28(42-16-23(33)13-24(42)17-45-19(2)43)40-15-27(26)41(5)29(44)30(3,4)20-10-21(31(34,35)36)12-22(11-20)32(37,38)39/h6-12,14-15,23-24H,13,16-17H2,1-5H3/t23-,24+/m1/s1. The number of alkyl halides is 7. The number of pyridine rings is 1. The van der Waals surface area contributed by atoms with Crippen molar-refractivity contribution in [3.8, 4) is 11.1 Å². The quantitative estimate of drug-likeness (QED) is 0.198. The number of aryl methyl sites for hydroxylation is 1. The summed E-state index contributed by atoms with van der Waals surface area (Å²) >= 11 is 0. The zero-order valence-electron chi connectivity index (χ0n) is 25.2. The van der Waals surface area contributed by atoms with E-state index < -0.39 is 58.5 Å². The maximum absolute atomic E-state index is 14.5. The molecule has 0 saturated carbocycles. The van der Waals surface area contributed by atoms with Gasteiger partial charge in [-0.15, -0.1) is 0 Å². The summed E-state index contributed by atoms with van der Waals surface area (Å²) in [6.07, 6.45) is -9.93. The molecular weight excluding hydrogens is 607 g/mol. The van der Waals surface area contributed by atoms with Crippen molar-refractivity contribution in [3.05, 3.63) is 77.0 Å². The lowest BCUT2D eigenvalue weighted by Gasteiger charge is -2.32. The third kappa shape index (κ3) is 7.23. The van der Waals surface area contributed by atoms with Gasteiger partial charge in [-0.1, -0.05) is 24.3 Å². The molecule has 1 amide bonds. The number of likely N-dealkylation sites (N-methyl/N-ethyl adjacent to an activating group) is 1. The maximum atomic E-state index is 14.5. The molecule has 1 aromatic heterocycles. The largest absolute Gasteiger partial charge is 0.464 e. The molecule has 1 aliphatic heterocycles.